The van der Waals surface area contributed by atoms with Crippen LogP contribution in [0.4, 0.5) is 0 Å². The Labute approximate surface area is 90.7 Å². The predicted molar refractivity (Wildman–Crippen MR) is 58.2 cm³/mol. The smallest absolute Gasteiger partial charge is 0.330 e. The Morgan fingerprint density at radius 1 is 1.33 bits per heavy atom. The number of rotatable bonds is 6. The maximum absolute atomic E-state index is 11.0. The van der Waals surface area contributed by atoms with Gasteiger partial charge in [0.15, 0.2) is 0 Å². The molecule has 4 heteroatoms. The van der Waals surface area contributed by atoms with Crippen molar-refractivity contribution in [2.75, 3.05) is 13.2 Å². The highest BCUT2D eigenvalue weighted by Gasteiger charge is 2.00. The molecule has 0 rings (SSSR count). The molecule has 0 bridgehead atoms. The Morgan fingerprint density at radius 3 is 2.53 bits per heavy atom. The summed E-state index contributed by atoms with van der Waals surface area (Å²) in [7, 11) is 0. The average Bonchev–Trinajstić information content (AvgIpc) is 2.20. The van der Waals surface area contributed by atoms with Gasteiger partial charge in [-0.3, -0.25) is 4.79 Å². The number of hydrogen-bond acceptors (Lipinski definition) is 3. The van der Waals surface area contributed by atoms with Crippen molar-refractivity contribution in [2.45, 2.75) is 27.2 Å². The van der Waals surface area contributed by atoms with E-state index in [1.54, 1.807) is 0 Å². The second-order valence-electron chi connectivity index (χ2n) is 3.65. The quantitative estimate of drug-likeness (QED) is 0.534. The molecule has 0 aromatic heterocycles. The van der Waals surface area contributed by atoms with E-state index in [9.17, 15) is 9.59 Å². The number of carbonyl (C=O) groups is 2. The summed E-state index contributed by atoms with van der Waals surface area (Å²) in [5.41, 5.74) is 0. The Bertz CT molecular complexity index is 234. The van der Waals surface area contributed by atoms with E-state index in [1.807, 2.05) is 20.8 Å². The second kappa shape index (κ2) is 8.03. The molecule has 4 nitrogen and oxygen atoms in total. The van der Waals surface area contributed by atoms with Gasteiger partial charge < -0.3 is 10.1 Å². The highest BCUT2D eigenvalue weighted by Crippen LogP contribution is 1.93. The van der Waals surface area contributed by atoms with Crippen LogP contribution in [0.2, 0.25) is 0 Å². The first-order valence-electron chi connectivity index (χ1n) is 5.19. The van der Waals surface area contributed by atoms with Gasteiger partial charge in [0.1, 0.15) is 0 Å². The molecule has 0 fully saturated rings. The van der Waals surface area contributed by atoms with Gasteiger partial charge in [-0.1, -0.05) is 20.8 Å². The van der Waals surface area contributed by atoms with Crippen molar-refractivity contribution in [1.29, 1.82) is 0 Å². The van der Waals surface area contributed by atoms with Gasteiger partial charge >= 0.3 is 5.97 Å². The van der Waals surface area contributed by atoms with Crippen molar-refractivity contribution in [3.8, 4) is 0 Å². The monoisotopic (exact) mass is 213 g/mol. The number of hydrogen-bond donors (Lipinski definition) is 1. The highest BCUT2D eigenvalue weighted by atomic mass is 16.5. The maximum atomic E-state index is 11.0. The average molecular weight is 213 g/mol. The molecule has 15 heavy (non-hydrogen) atoms. The molecule has 0 aromatic carbocycles. The van der Waals surface area contributed by atoms with E-state index in [2.05, 4.69) is 5.32 Å². The van der Waals surface area contributed by atoms with E-state index < -0.39 is 5.97 Å². The fourth-order valence-electron chi connectivity index (χ4n) is 0.748. The van der Waals surface area contributed by atoms with Gasteiger partial charge in [0.05, 0.1) is 6.61 Å². The first-order valence-corrected chi connectivity index (χ1v) is 5.19. The van der Waals surface area contributed by atoms with Gasteiger partial charge in [-0.2, -0.15) is 0 Å². The molecule has 0 unspecified atom stereocenters. The van der Waals surface area contributed by atoms with Crippen LogP contribution in [0.1, 0.15) is 27.2 Å². The van der Waals surface area contributed by atoms with Crippen molar-refractivity contribution < 1.29 is 14.3 Å². The minimum absolute atomic E-state index is 0.265. The highest BCUT2D eigenvalue weighted by molar-refractivity contribution is 5.94. The van der Waals surface area contributed by atoms with E-state index in [0.29, 0.717) is 19.1 Å². The zero-order valence-corrected chi connectivity index (χ0v) is 9.58. The minimum atomic E-state index is -0.477. The third-order valence-electron chi connectivity index (χ3n) is 1.48. The van der Waals surface area contributed by atoms with E-state index >= 15 is 0 Å². The Balaban J connectivity index is 3.74. The van der Waals surface area contributed by atoms with Crippen LogP contribution >= 0.6 is 0 Å². The van der Waals surface area contributed by atoms with Crippen molar-refractivity contribution in [3.05, 3.63) is 12.2 Å². The lowest BCUT2D eigenvalue weighted by molar-refractivity contribution is -0.139. The zero-order chi connectivity index (χ0) is 11.7. The van der Waals surface area contributed by atoms with Crippen molar-refractivity contribution in [2.24, 2.45) is 5.92 Å². The molecular weight excluding hydrogens is 194 g/mol. The molecule has 0 aliphatic heterocycles. The van der Waals surface area contributed by atoms with Gasteiger partial charge in [0, 0.05) is 18.7 Å². The van der Waals surface area contributed by atoms with Crippen LogP contribution in [0, 0.1) is 5.92 Å². The van der Waals surface area contributed by atoms with Crippen LogP contribution in [0.3, 0.4) is 0 Å². The Kier molecular flexibility index (Phi) is 7.32. The van der Waals surface area contributed by atoms with E-state index in [4.69, 9.17) is 4.74 Å². The van der Waals surface area contributed by atoms with Crippen LogP contribution in [0.5, 0.6) is 0 Å². The van der Waals surface area contributed by atoms with Gasteiger partial charge in [0.2, 0.25) is 5.91 Å². The van der Waals surface area contributed by atoms with E-state index in [-0.39, 0.29) is 5.91 Å². The fraction of sp³-hybridized carbons (Fsp3) is 0.636. The molecule has 0 saturated carbocycles. The summed E-state index contributed by atoms with van der Waals surface area (Å²) >= 11 is 0. The summed E-state index contributed by atoms with van der Waals surface area (Å²) in [5.74, 6) is -0.440. The van der Waals surface area contributed by atoms with Gasteiger partial charge in [0.25, 0.3) is 0 Å². The molecular formula is C11H19NO3. The van der Waals surface area contributed by atoms with Crippen LogP contribution < -0.4 is 5.32 Å². The molecule has 0 aromatic rings. The number of amides is 1. The van der Waals surface area contributed by atoms with E-state index in [0.717, 1.165) is 12.5 Å². The van der Waals surface area contributed by atoms with Crippen LogP contribution in [0.25, 0.3) is 0 Å². The largest absolute Gasteiger partial charge is 0.462 e. The summed E-state index contributed by atoms with van der Waals surface area (Å²) in [6.07, 6.45) is 3.21. The summed E-state index contributed by atoms with van der Waals surface area (Å²) < 4.78 is 4.85. The number of ether oxygens (including phenoxy) is 1. The molecule has 0 radical (unpaired) electrons. The molecule has 1 N–H and O–H groups in total. The molecule has 0 saturated heterocycles. The van der Waals surface area contributed by atoms with Crippen molar-refractivity contribution >= 4 is 11.9 Å². The van der Waals surface area contributed by atoms with Crippen molar-refractivity contribution in [1.82, 2.24) is 5.32 Å². The normalized spacial score (nSPS) is 10.7. The lowest BCUT2D eigenvalue weighted by Crippen LogP contribution is -2.21. The standard InChI is InChI=1S/C11H19NO3/c1-4-7-12-10(13)5-6-11(14)15-8-9(2)3/h5-6,9H,4,7-8H2,1-3H3,(H,12,13)/b6-5-. The number of carbonyl (C=O) groups excluding carboxylic acids is 2. The fourth-order valence-corrected chi connectivity index (χ4v) is 0.748. The molecule has 86 valence electrons. The Morgan fingerprint density at radius 2 is 2.00 bits per heavy atom. The van der Waals surface area contributed by atoms with Crippen molar-refractivity contribution in [3.63, 3.8) is 0 Å². The molecule has 0 spiro atoms. The first kappa shape index (κ1) is 13.7. The van der Waals surface area contributed by atoms with Crippen LogP contribution in [-0.2, 0) is 14.3 Å². The molecule has 0 heterocycles. The SMILES string of the molecule is CCCNC(=O)/C=C\C(=O)OCC(C)C. The molecule has 1 amide bonds. The molecule has 0 aliphatic rings. The number of esters is 1. The minimum Gasteiger partial charge on any atom is -0.462 e. The zero-order valence-electron chi connectivity index (χ0n) is 9.58. The summed E-state index contributed by atoms with van der Waals surface area (Å²) in [6, 6.07) is 0. The van der Waals surface area contributed by atoms with Crippen LogP contribution in [0.15, 0.2) is 12.2 Å². The lowest BCUT2D eigenvalue weighted by atomic mass is 10.2. The van der Waals surface area contributed by atoms with Gasteiger partial charge in [-0.25, -0.2) is 4.79 Å². The number of nitrogens with one attached hydrogen (secondary N) is 1. The second-order valence-corrected chi connectivity index (χ2v) is 3.65. The maximum Gasteiger partial charge on any atom is 0.330 e. The Hall–Kier alpha value is -1.32. The molecule has 0 atom stereocenters. The molecule has 0 aliphatic carbocycles. The summed E-state index contributed by atoms with van der Waals surface area (Å²) in [5, 5.41) is 2.62. The third-order valence-corrected chi connectivity index (χ3v) is 1.48. The summed E-state index contributed by atoms with van der Waals surface area (Å²) in [4.78, 5) is 22.1. The first-order chi connectivity index (χ1) is 7.06. The summed E-state index contributed by atoms with van der Waals surface area (Å²) in [6.45, 7) is 6.85. The third kappa shape index (κ3) is 9.00. The van der Waals surface area contributed by atoms with Crippen LogP contribution in [-0.4, -0.2) is 25.0 Å². The van der Waals surface area contributed by atoms with Gasteiger partial charge in [-0.15, -0.1) is 0 Å². The lowest BCUT2D eigenvalue weighted by Gasteiger charge is -2.03. The van der Waals surface area contributed by atoms with Gasteiger partial charge in [-0.05, 0) is 12.3 Å². The topological polar surface area (TPSA) is 55.4 Å². The predicted octanol–water partition coefficient (Wildman–Crippen LogP) is 1.27. The van der Waals surface area contributed by atoms with E-state index in [1.165, 1.54) is 6.08 Å².